The van der Waals surface area contributed by atoms with E-state index in [2.05, 4.69) is 10.5 Å². The normalized spacial score (nSPS) is 16.7. The van der Waals surface area contributed by atoms with Gasteiger partial charge in [-0.3, -0.25) is 10.1 Å². The third kappa shape index (κ3) is 5.88. The quantitative estimate of drug-likeness (QED) is 0.714. The molecule has 2 heterocycles. The van der Waals surface area contributed by atoms with E-state index in [4.69, 9.17) is 4.52 Å². The Kier molecular flexibility index (Phi) is 6.40. The highest BCUT2D eigenvalue weighted by atomic mass is 32.2. The summed E-state index contributed by atoms with van der Waals surface area (Å²) in [5, 5.41) is 6.72. The van der Waals surface area contributed by atoms with Crippen LogP contribution in [0.5, 0.6) is 0 Å². The molecule has 1 fully saturated rings. The number of piperazine rings is 1. The van der Waals surface area contributed by atoms with Gasteiger partial charge in [0, 0.05) is 11.5 Å². The van der Waals surface area contributed by atoms with Crippen LogP contribution in [0.4, 0.5) is 5.88 Å². The van der Waals surface area contributed by atoms with Gasteiger partial charge in [-0.25, -0.2) is 8.42 Å². The number of benzene rings is 1. The molecule has 0 bridgehead atoms. The Bertz CT molecular complexity index is 927. The van der Waals surface area contributed by atoms with Gasteiger partial charge in [0.15, 0.2) is 6.54 Å². The van der Waals surface area contributed by atoms with Crippen molar-refractivity contribution >= 4 is 21.8 Å². The molecule has 2 N–H and O–H groups in total. The lowest BCUT2D eigenvalue weighted by atomic mass is 9.92. The standard InChI is InChI=1S/C20H28N4O4S/c1-20(2,3)17-13-19(28-22-17)21-18(25)14-23-9-11-24(12-10-23)29(26,27)15-16-7-5-4-6-8-16/h4-8,13H,9-12,14-15H2,1-3H3,(H,21,25)/p+1. The molecular formula is C20H29N4O4S+. The van der Waals surface area contributed by atoms with E-state index < -0.39 is 10.0 Å². The zero-order valence-electron chi connectivity index (χ0n) is 17.1. The summed E-state index contributed by atoms with van der Waals surface area (Å²) in [6.45, 7) is 8.32. The minimum absolute atomic E-state index is 0.00522. The number of rotatable bonds is 6. The Morgan fingerprint density at radius 3 is 2.45 bits per heavy atom. The SMILES string of the molecule is CC(C)(C)c1cc(NC(=O)C[NH+]2CCN(S(=O)(=O)Cc3ccccc3)CC2)on1. The van der Waals surface area contributed by atoms with Gasteiger partial charge in [0.2, 0.25) is 15.9 Å². The van der Waals surface area contributed by atoms with Gasteiger partial charge in [0.1, 0.15) is 0 Å². The lowest BCUT2D eigenvalue weighted by Gasteiger charge is -2.31. The number of carbonyl (C=O) groups is 1. The van der Waals surface area contributed by atoms with Crippen LogP contribution in [-0.2, 0) is 26.0 Å². The molecule has 1 saturated heterocycles. The van der Waals surface area contributed by atoms with E-state index in [1.54, 1.807) is 6.07 Å². The van der Waals surface area contributed by atoms with E-state index in [9.17, 15) is 13.2 Å². The Morgan fingerprint density at radius 2 is 1.86 bits per heavy atom. The van der Waals surface area contributed by atoms with Crippen LogP contribution >= 0.6 is 0 Å². The van der Waals surface area contributed by atoms with Crippen molar-refractivity contribution in [1.82, 2.24) is 9.46 Å². The van der Waals surface area contributed by atoms with Crippen LogP contribution in [0.15, 0.2) is 40.9 Å². The molecule has 8 nitrogen and oxygen atoms in total. The Morgan fingerprint density at radius 1 is 1.21 bits per heavy atom. The predicted molar refractivity (Wildman–Crippen MR) is 110 cm³/mol. The number of nitrogens with zero attached hydrogens (tertiary/aromatic N) is 2. The summed E-state index contributed by atoms with van der Waals surface area (Å²) in [6.07, 6.45) is 0. The first-order chi connectivity index (χ1) is 13.6. The number of hydrogen-bond acceptors (Lipinski definition) is 5. The maximum atomic E-state index is 12.6. The van der Waals surface area contributed by atoms with E-state index in [-0.39, 0.29) is 23.6 Å². The second kappa shape index (κ2) is 8.64. The maximum absolute atomic E-state index is 12.6. The van der Waals surface area contributed by atoms with Crippen molar-refractivity contribution < 1.29 is 22.6 Å². The summed E-state index contributed by atoms with van der Waals surface area (Å²) in [5.74, 6) is 0.172. The molecule has 1 aromatic heterocycles. The number of quaternary nitrogens is 1. The first kappa shape index (κ1) is 21.5. The van der Waals surface area contributed by atoms with Gasteiger partial charge >= 0.3 is 0 Å². The Labute approximate surface area is 171 Å². The second-order valence-electron chi connectivity index (χ2n) is 8.44. The van der Waals surface area contributed by atoms with Crippen molar-refractivity contribution in [2.24, 2.45) is 0 Å². The number of sulfonamides is 1. The number of amides is 1. The molecule has 0 saturated carbocycles. The predicted octanol–water partition coefficient (Wildman–Crippen LogP) is 0.641. The van der Waals surface area contributed by atoms with E-state index in [0.717, 1.165) is 16.2 Å². The van der Waals surface area contributed by atoms with Crippen molar-refractivity contribution in [3.63, 3.8) is 0 Å². The molecule has 0 unspecified atom stereocenters. The molecule has 29 heavy (non-hydrogen) atoms. The zero-order valence-corrected chi connectivity index (χ0v) is 18.0. The molecule has 1 aliphatic rings. The molecule has 2 aromatic rings. The van der Waals surface area contributed by atoms with Crippen LogP contribution in [-0.4, -0.2) is 56.5 Å². The molecule has 0 radical (unpaired) electrons. The van der Waals surface area contributed by atoms with E-state index in [0.29, 0.717) is 32.1 Å². The van der Waals surface area contributed by atoms with Crippen LogP contribution in [0.3, 0.4) is 0 Å². The summed E-state index contributed by atoms with van der Waals surface area (Å²) in [5.41, 5.74) is 1.40. The number of nitrogens with one attached hydrogen (secondary N) is 2. The van der Waals surface area contributed by atoms with E-state index >= 15 is 0 Å². The molecular weight excluding hydrogens is 392 g/mol. The van der Waals surface area contributed by atoms with Gasteiger partial charge in [0.05, 0.1) is 37.6 Å². The summed E-state index contributed by atoms with van der Waals surface area (Å²) >= 11 is 0. The highest BCUT2D eigenvalue weighted by Gasteiger charge is 2.30. The average molecular weight is 422 g/mol. The molecule has 9 heteroatoms. The summed E-state index contributed by atoms with van der Waals surface area (Å²) < 4.78 is 32.0. The topological polar surface area (TPSA) is 97.0 Å². The largest absolute Gasteiger partial charge is 0.338 e. The minimum Gasteiger partial charge on any atom is -0.338 e. The monoisotopic (exact) mass is 421 g/mol. The summed E-state index contributed by atoms with van der Waals surface area (Å²) in [7, 11) is -3.35. The van der Waals surface area contributed by atoms with E-state index in [1.165, 1.54) is 4.31 Å². The maximum Gasteiger partial charge on any atom is 0.281 e. The first-order valence-corrected chi connectivity index (χ1v) is 11.4. The van der Waals surface area contributed by atoms with Crippen molar-refractivity contribution in [3.05, 3.63) is 47.7 Å². The molecule has 158 valence electrons. The van der Waals surface area contributed by atoms with Crippen LogP contribution in [0.25, 0.3) is 0 Å². The number of aromatic nitrogens is 1. The fourth-order valence-corrected chi connectivity index (χ4v) is 4.76. The van der Waals surface area contributed by atoms with Gasteiger partial charge in [0.25, 0.3) is 5.91 Å². The number of hydrogen-bond donors (Lipinski definition) is 2. The van der Waals surface area contributed by atoms with Crippen LogP contribution < -0.4 is 10.2 Å². The molecule has 0 aliphatic carbocycles. The fraction of sp³-hybridized carbons (Fsp3) is 0.500. The van der Waals surface area contributed by atoms with Gasteiger partial charge in [-0.2, -0.15) is 4.31 Å². The van der Waals surface area contributed by atoms with E-state index in [1.807, 2.05) is 51.1 Å². The first-order valence-electron chi connectivity index (χ1n) is 9.76. The molecule has 1 amide bonds. The second-order valence-corrected chi connectivity index (χ2v) is 10.4. The van der Waals surface area contributed by atoms with Crippen LogP contribution in [0.1, 0.15) is 32.0 Å². The summed E-state index contributed by atoms with van der Waals surface area (Å²) in [4.78, 5) is 13.4. The number of carbonyl (C=O) groups excluding carboxylic acids is 1. The van der Waals surface area contributed by atoms with Gasteiger partial charge in [-0.05, 0) is 5.56 Å². The third-order valence-corrected chi connectivity index (χ3v) is 6.82. The van der Waals surface area contributed by atoms with Gasteiger partial charge in [-0.15, -0.1) is 0 Å². The smallest absolute Gasteiger partial charge is 0.281 e. The highest BCUT2D eigenvalue weighted by Crippen LogP contribution is 2.23. The van der Waals surface area contributed by atoms with Crippen molar-refractivity contribution in [2.45, 2.75) is 31.9 Å². The molecule has 0 atom stereocenters. The molecule has 1 aromatic carbocycles. The Balaban J connectivity index is 1.48. The fourth-order valence-electron chi connectivity index (χ4n) is 3.23. The minimum atomic E-state index is -3.35. The van der Waals surface area contributed by atoms with Crippen molar-refractivity contribution in [1.29, 1.82) is 0 Å². The lowest BCUT2D eigenvalue weighted by molar-refractivity contribution is -0.895. The average Bonchev–Trinajstić information content (AvgIpc) is 3.11. The molecule has 3 rings (SSSR count). The van der Waals surface area contributed by atoms with Crippen LogP contribution in [0, 0.1) is 0 Å². The highest BCUT2D eigenvalue weighted by molar-refractivity contribution is 7.88. The van der Waals surface area contributed by atoms with Crippen LogP contribution in [0.2, 0.25) is 0 Å². The summed E-state index contributed by atoms with van der Waals surface area (Å²) in [6, 6.07) is 10.9. The molecule has 1 aliphatic heterocycles. The van der Waals surface area contributed by atoms with Gasteiger partial charge in [-0.1, -0.05) is 56.3 Å². The van der Waals surface area contributed by atoms with Crippen molar-refractivity contribution in [3.8, 4) is 0 Å². The Hall–Kier alpha value is -2.23. The van der Waals surface area contributed by atoms with Crippen molar-refractivity contribution in [2.75, 3.05) is 38.0 Å². The lowest BCUT2D eigenvalue weighted by Crippen LogP contribution is -3.15. The van der Waals surface area contributed by atoms with Gasteiger partial charge < -0.3 is 9.42 Å². The molecule has 0 spiro atoms. The number of anilines is 1. The zero-order chi connectivity index (χ0) is 21.1. The third-order valence-electron chi connectivity index (χ3n) is 4.97.